The Morgan fingerprint density at radius 1 is 1.29 bits per heavy atom. The minimum atomic E-state index is -0.856. The highest BCUT2D eigenvalue weighted by molar-refractivity contribution is 6.95. The molecule has 0 N–H and O–H groups in total. The van der Waals surface area contributed by atoms with Crippen LogP contribution >= 0.6 is 46.4 Å². The van der Waals surface area contributed by atoms with Gasteiger partial charge in [-0.1, -0.05) is 23.2 Å². The molecular weight excluding hydrogens is 180 g/mol. The second-order valence-corrected chi connectivity index (χ2v) is 2.61. The molecule has 0 spiro atoms. The molecule has 0 rings (SSSR count). The molecule has 0 aliphatic carbocycles. The summed E-state index contributed by atoms with van der Waals surface area (Å²) in [5.74, 6) is 0. The summed E-state index contributed by atoms with van der Waals surface area (Å²) in [4.78, 5) is 2.40. The van der Waals surface area contributed by atoms with E-state index in [1.54, 1.807) is 0 Å². The third-order valence-corrected chi connectivity index (χ3v) is 0.586. The lowest BCUT2D eigenvalue weighted by Gasteiger charge is -1.85. The highest BCUT2D eigenvalue weighted by Crippen LogP contribution is 2.05. The first kappa shape index (κ1) is 7.83. The van der Waals surface area contributed by atoms with Gasteiger partial charge < -0.3 is 0 Å². The van der Waals surface area contributed by atoms with Crippen LogP contribution in [0.1, 0.15) is 0 Å². The first-order valence-electron chi connectivity index (χ1n) is 1.30. The Morgan fingerprint density at radius 3 is 1.71 bits per heavy atom. The van der Waals surface area contributed by atoms with Gasteiger partial charge >= 0.3 is 0 Å². The minimum absolute atomic E-state index is 0.157. The number of rotatable bonds is 1. The zero-order valence-electron chi connectivity index (χ0n) is 3.04. The SMILES string of the molecule is ClC(Cl)=NC(Cl)Cl. The van der Waals surface area contributed by atoms with E-state index in [1.165, 1.54) is 0 Å². The molecule has 42 valence electrons. The van der Waals surface area contributed by atoms with Crippen molar-refractivity contribution in [3.8, 4) is 0 Å². The van der Waals surface area contributed by atoms with Gasteiger partial charge in [0.25, 0.3) is 0 Å². The standard InChI is InChI=1S/C2HCl4N/c3-1(4)7-2(5)6/h1H. The van der Waals surface area contributed by atoms with Gasteiger partial charge in [-0.25, -0.2) is 4.99 Å². The van der Waals surface area contributed by atoms with Crippen LogP contribution in [0.3, 0.4) is 0 Å². The Labute approximate surface area is 61.2 Å². The summed E-state index contributed by atoms with van der Waals surface area (Å²) in [6.45, 7) is 0. The molecule has 0 saturated carbocycles. The van der Waals surface area contributed by atoms with Crippen LogP contribution in [0.15, 0.2) is 4.99 Å². The summed E-state index contributed by atoms with van der Waals surface area (Å²) < 4.78 is -0.157. The van der Waals surface area contributed by atoms with E-state index in [2.05, 4.69) is 4.99 Å². The quantitative estimate of drug-likeness (QED) is 0.334. The van der Waals surface area contributed by atoms with Gasteiger partial charge in [0, 0.05) is 0 Å². The van der Waals surface area contributed by atoms with Crippen molar-refractivity contribution in [1.82, 2.24) is 0 Å². The van der Waals surface area contributed by atoms with Gasteiger partial charge in [0.2, 0.25) is 0 Å². The van der Waals surface area contributed by atoms with Gasteiger partial charge in [-0.3, -0.25) is 0 Å². The van der Waals surface area contributed by atoms with E-state index in [1.807, 2.05) is 0 Å². The lowest BCUT2D eigenvalue weighted by atomic mass is 11.4. The van der Waals surface area contributed by atoms with Crippen molar-refractivity contribution >= 4 is 51.0 Å². The summed E-state index contributed by atoms with van der Waals surface area (Å²) in [6.07, 6.45) is 0. The third-order valence-electron chi connectivity index (χ3n) is 0.195. The Morgan fingerprint density at radius 2 is 1.71 bits per heavy atom. The highest BCUT2D eigenvalue weighted by Gasteiger charge is 1.91. The molecule has 0 saturated heterocycles. The fraction of sp³-hybridized carbons (Fsp3) is 0.500. The van der Waals surface area contributed by atoms with E-state index < -0.39 is 4.96 Å². The van der Waals surface area contributed by atoms with Gasteiger partial charge in [0.05, 0.1) is 0 Å². The summed E-state index contributed by atoms with van der Waals surface area (Å²) >= 11 is 20.2. The number of hydrogen-bond acceptors (Lipinski definition) is 1. The van der Waals surface area contributed by atoms with Crippen LogP contribution in [0.4, 0.5) is 0 Å². The Bertz CT molecular complexity index is 73.8. The molecule has 0 radical (unpaired) electrons. The molecule has 1 nitrogen and oxygen atoms in total. The third kappa shape index (κ3) is 6.83. The summed E-state index contributed by atoms with van der Waals surface area (Å²) in [5.41, 5.74) is 0. The van der Waals surface area contributed by atoms with Crippen molar-refractivity contribution in [3.05, 3.63) is 0 Å². The molecule has 0 atom stereocenters. The van der Waals surface area contributed by atoms with Crippen molar-refractivity contribution in [2.45, 2.75) is 4.96 Å². The molecule has 7 heavy (non-hydrogen) atoms. The molecule has 0 unspecified atom stereocenters. The molecular formula is C2HCl4N. The lowest BCUT2D eigenvalue weighted by molar-refractivity contribution is 1.29. The van der Waals surface area contributed by atoms with Crippen molar-refractivity contribution in [2.24, 2.45) is 4.99 Å². The molecule has 0 aliphatic rings. The molecule has 5 heteroatoms. The van der Waals surface area contributed by atoms with Gasteiger partial charge in [0.15, 0.2) is 9.59 Å². The number of aliphatic imine (C=N–C) groups is 1. The Kier molecular flexibility index (Phi) is 4.24. The van der Waals surface area contributed by atoms with Crippen LogP contribution in [0, 0.1) is 0 Å². The zero-order valence-corrected chi connectivity index (χ0v) is 6.06. The maximum Gasteiger partial charge on any atom is 0.199 e. The lowest BCUT2D eigenvalue weighted by Crippen LogP contribution is -1.79. The summed E-state index contributed by atoms with van der Waals surface area (Å²) in [6, 6.07) is 0. The maximum absolute atomic E-state index is 5.08. The van der Waals surface area contributed by atoms with E-state index in [0.29, 0.717) is 0 Å². The largest absolute Gasteiger partial charge is 0.227 e. The average molecular weight is 181 g/mol. The summed E-state index contributed by atoms with van der Waals surface area (Å²) in [5, 5.41) is 0. The Hall–Kier alpha value is 0.830. The van der Waals surface area contributed by atoms with Gasteiger partial charge in [-0.2, -0.15) is 0 Å². The van der Waals surface area contributed by atoms with E-state index in [9.17, 15) is 0 Å². The van der Waals surface area contributed by atoms with Crippen LogP contribution in [-0.2, 0) is 0 Å². The van der Waals surface area contributed by atoms with Gasteiger partial charge in [-0.05, 0) is 23.2 Å². The van der Waals surface area contributed by atoms with Crippen LogP contribution in [0.25, 0.3) is 0 Å². The topological polar surface area (TPSA) is 12.4 Å². The second kappa shape index (κ2) is 3.79. The van der Waals surface area contributed by atoms with E-state index in [-0.39, 0.29) is 4.63 Å². The predicted molar refractivity (Wildman–Crippen MR) is 34.6 cm³/mol. The van der Waals surface area contributed by atoms with E-state index >= 15 is 0 Å². The molecule has 0 aromatic rings. The average Bonchev–Trinajstić information content (AvgIpc) is 1.27. The normalized spacial score (nSPS) is 9.29. The fourth-order valence-electron chi connectivity index (χ4n) is 0.0738. The summed E-state index contributed by atoms with van der Waals surface area (Å²) in [7, 11) is 0. The monoisotopic (exact) mass is 179 g/mol. The molecule has 0 bridgehead atoms. The van der Waals surface area contributed by atoms with Crippen LogP contribution in [-0.4, -0.2) is 9.59 Å². The Balaban J connectivity index is 3.45. The molecule has 0 aliphatic heterocycles. The number of alkyl halides is 2. The number of halogens is 4. The fourth-order valence-corrected chi connectivity index (χ4v) is 0.664. The smallest absolute Gasteiger partial charge is 0.199 e. The van der Waals surface area contributed by atoms with E-state index in [4.69, 9.17) is 46.4 Å². The molecule has 0 amide bonds. The first-order chi connectivity index (χ1) is 3.13. The maximum atomic E-state index is 5.08. The molecule has 0 aromatic carbocycles. The van der Waals surface area contributed by atoms with Gasteiger partial charge in [-0.15, -0.1) is 0 Å². The zero-order chi connectivity index (χ0) is 5.86. The van der Waals surface area contributed by atoms with Crippen molar-refractivity contribution < 1.29 is 0 Å². The van der Waals surface area contributed by atoms with E-state index in [0.717, 1.165) is 0 Å². The van der Waals surface area contributed by atoms with Crippen molar-refractivity contribution in [3.63, 3.8) is 0 Å². The minimum Gasteiger partial charge on any atom is -0.227 e. The number of hydrogen-bond donors (Lipinski definition) is 0. The van der Waals surface area contributed by atoms with Crippen LogP contribution in [0.2, 0.25) is 0 Å². The predicted octanol–water partition coefficient (Wildman–Crippen LogP) is 2.58. The first-order valence-corrected chi connectivity index (χ1v) is 2.93. The van der Waals surface area contributed by atoms with Gasteiger partial charge in [0.1, 0.15) is 0 Å². The molecule has 0 fully saturated rings. The second-order valence-electron chi connectivity index (χ2n) is 0.647. The van der Waals surface area contributed by atoms with Crippen molar-refractivity contribution in [1.29, 1.82) is 0 Å². The molecule has 0 heterocycles. The van der Waals surface area contributed by atoms with Crippen LogP contribution < -0.4 is 0 Å². The molecule has 0 aromatic heterocycles. The highest BCUT2D eigenvalue weighted by atomic mass is 35.5. The number of nitrogens with zero attached hydrogens (tertiary/aromatic N) is 1. The van der Waals surface area contributed by atoms with Crippen molar-refractivity contribution in [2.75, 3.05) is 0 Å². The van der Waals surface area contributed by atoms with Crippen LogP contribution in [0.5, 0.6) is 0 Å².